The fourth-order valence-electron chi connectivity index (χ4n) is 0. The Labute approximate surface area is 293 Å². The van der Waals surface area contributed by atoms with Crippen LogP contribution in [-0.2, 0) is 151 Å². The van der Waals surface area contributed by atoms with Gasteiger partial charge in [-0.25, -0.2) is 0 Å². The average Bonchev–Trinajstić information content (AvgIpc) is 2.48. The third-order valence-corrected chi connectivity index (χ3v) is 4.48. The Kier molecular flexibility index (Phi) is 128. The number of rotatable bonds is 4. The first kappa shape index (κ1) is 70.3. The molecule has 0 saturated heterocycles. The molecule has 0 amide bonds. The van der Waals surface area contributed by atoms with Gasteiger partial charge in [-0.1, -0.05) is 41.0 Å². The fraction of sp³-hybridized carbons (Fsp3) is 0.824. The normalized spacial score (nSPS) is 8.93. The zero-order valence-electron chi connectivity index (χ0n) is 20.7. The van der Waals surface area contributed by atoms with Crippen LogP contribution in [0, 0.1) is 26.7 Å². The van der Waals surface area contributed by atoms with E-state index in [-0.39, 0.29) is 160 Å². The fourth-order valence-corrected chi connectivity index (χ4v) is 0. The predicted octanol–water partition coefficient (Wildman–Crippen LogP) is 6.65. The molecule has 0 rings (SSSR count). The zero-order valence-corrected chi connectivity index (χ0v) is 36.3. The van der Waals surface area contributed by atoms with E-state index in [1.807, 2.05) is 20.8 Å². The van der Waals surface area contributed by atoms with Crippen LogP contribution in [0.1, 0.15) is 54.9 Å². The first-order chi connectivity index (χ1) is 10.7. The minimum Gasteiger partial charge on any atom is -0.370 e. The van der Waals surface area contributed by atoms with Gasteiger partial charge >= 0.3 is 7.60 Å². The molecule has 0 aromatic heterocycles. The first-order valence-corrected chi connectivity index (χ1v) is 13.8. The molecule has 4 radical (unpaired) electrons. The van der Waals surface area contributed by atoms with Crippen LogP contribution in [0.5, 0.6) is 0 Å². The van der Waals surface area contributed by atoms with Crippen molar-refractivity contribution in [2.24, 2.45) is 5.92 Å². The molecule has 0 bridgehead atoms. The van der Waals surface area contributed by atoms with Crippen LogP contribution in [0.25, 0.3) is 0 Å². The van der Waals surface area contributed by atoms with Crippen molar-refractivity contribution in [1.82, 2.24) is 0 Å². The molecule has 5 nitrogen and oxygen atoms in total. The molecule has 1 unspecified atom stereocenters. The van der Waals surface area contributed by atoms with Gasteiger partial charge in [0.2, 0.25) is 0 Å². The molecule has 0 spiro atoms. The molecule has 0 heterocycles. The molecular weight excluding hydrogens is 879 g/mol. The van der Waals surface area contributed by atoms with Gasteiger partial charge in [-0.3, -0.25) is 9.13 Å². The van der Waals surface area contributed by atoms with Crippen LogP contribution in [0.3, 0.4) is 0 Å². The van der Waals surface area contributed by atoms with E-state index in [4.69, 9.17) is 9.79 Å². The molecule has 2 N–H and O–H groups in total. The van der Waals surface area contributed by atoms with Crippen LogP contribution in [0.4, 0.5) is 0 Å². The molecule has 0 aliphatic carbocycles. The van der Waals surface area contributed by atoms with Gasteiger partial charge in [-0.2, -0.15) is 6.92 Å². The van der Waals surface area contributed by atoms with E-state index >= 15 is 0 Å². The molecule has 30 heavy (non-hydrogen) atoms. The maximum absolute atomic E-state index is 10.6. The van der Waals surface area contributed by atoms with Crippen molar-refractivity contribution in [3.05, 3.63) is 20.8 Å². The summed E-state index contributed by atoms with van der Waals surface area (Å²) < 4.78 is 29.5. The summed E-state index contributed by atoms with van der Waals surface area (Å²) in [7, 11) is -5.04. The topological polar surface area (TPSA) is 91.7 Å². The third kappa shape index (κ3) is 172. The Morgan fingerprint density at radius 1 is 0.967 bits per heavy atom. The smallest absolute Gasteiger partial charge is 0.325 e. The van der Waals surface area contributed by atoms with Crippen LogP contribution in [0.2, 0.25) is 0 Å². The SMILES string of the molecule is CCC.CCP(=O)(O)O.CCP(C)(C)=O.CCP=O.[CH2-]C(C)[CH-]C.[CH3-].[V].[W].[Y].[Y].[Y]. The van der Waals surface area contributed by atoms with Crippen molar-refractivity contribution < 1.29 is 161 Å². The summed E-state index contributed by atoms with van der Waals surface area (Å²) in [6.45, 7) is 20.9. The van der Waals surface area contributed by atoms with Gasteiger partial charge in [-0.15, -0.1) is 6.92 Å². The first-order valence-electron chi connectivity index (χ1n) is 8.22. The van der Waals surface area contributed by atoms with E-state index in [1.165, 1.54) is 13.3 Å². The summed E-state index contributed by atoms with van der Waals surface area (Å²) in [6.07, 6.45) is 4.81. The van der Waals surface area contributed by atoms with Gasteiger partial charge in [0, 0.05) is 150 Å². The second kappa shape index (κ2) is 54.8. The third-order valence-electron chi connectivity index (χ3n) is 1.87. The second-order valence-corrected chi connectivity index (χ2v) is 12.0. The molecule has 180 valence electrons. The summed E-state index contributed by atoms with van der Waals surface area (Å²) in [5.41, 5.74) is 0. The zero-order chi connectivity index (χ0) is 20.8. The Balaban J connectivity index is -0.0000000162. The van der Waals surface area contributed by atoms with Crippen LogP contribution >= 0.6 is 23.2 Å². The average molecular weight is 923 g/mol. The van der Waals surface area contributed by atoms with Crippen LogP contribution in [-0.4, -0.2) is 41.6 Å². The van der Waals surface area contributed by atoms with Crippen LogP contribution in [0.15, 0.2) is 0 Å². The Morgan fingerprint density at radius 3 is 1.10 bits per heavy atom. The van der Waals surface area contributed by atoms with Crippen LogP contribution < -0.4 is 0 Å². The summed E-state index contributed by atoms with van der Waals surface area (Å²) in [5, 5.41) is 0. The van der Waals surface area contributed by atoms with Crippen molar-refractivity contribution in [3.63, 3.8) is 0 Å². The number of hydrogen-bond donors (Lipinski definition) is 2. The second-order valence-electron chi connectivity index (χ2n) is 5.33. The summed E-state index contributed by atoms with van der Waals surface area (Å²) in [6, 6.07) is 0. The molecular formula is C17H44O5P3VWY3-3. The van der Waals surface area contributed by atoms with Gasteiger partial charge in [0.15, 0.2) is 8.46 Å². The summed E-state index contributed by atoms with van der Waals surface area (Å²) in [5.74, 6) is 0.509. The van der Waals surface area contributed by atoms with E-state index < -0.39 is 14.7 Å². The van der Waals surface area contributed by atoms with E-state index in [0.29, 0.717) is 5.92 Å². The molecule has 0 aromatic rings. The van der Waals surface area contributed by atoms with E-state index in [2.05, 4.69) is 34.1 Å². The molecule has 0 fully saturated rings. The quantitative estimate of drug-likeness (QED) is 0.244. The maximum atomic E-state index is 10.6. The monoisotopic (exact) mass is 923 g/mol. The number of hydrogen-bond acceptors (Lipinski definition) is 3. The minimum absolute atomic E-state index is 0. The van der Waals surface area contributed by atoms with Gasteiger partial charge in [0.1, 0.15) is 0 Å². The van der Waals surface area contributed by atoms with E-state index in [9.17, 15) is 13.7 Å². The predicted molar refractivity (Wildman–Crippen MR) is 118 cm³/mol. The summed E-state index contributed by atoms with van der Waals surface area (Å²) in [4.78, 5) is 15.9. The minimum atomic E-state index is -3.65. The van der Waals surface area contributed by atoms with Crippen molar-refractivity contribution in [3.8, 4) is 0 Å². The Bertz CT molecular complexity index is 314. The van der Waals surface area contributed by atoms with Crippen molar-refractivity contribution in [2.45, 2.75) is 54.9 Å². The molecule has 0 aliphatic rings. The van der Waals surface area contributed by atoms with Crippen molar-refractivity contribution >= 4 is 23.2 Å². The van der Waals surface area contributed by atoms with E-state index in [0.717, 1.165) is 12.3 Å². The molecule has 0 saturated carbocycles. The largest absolute Gasteiger partial charge is 0.370 e. The van der Waals surface area contributed by atoms with E-state index in [1.54, 1.807) is 13.3 Å². The van der Waals surface area contributed by atoms with Crippen molar-refractivity contribution in [1.29, 1.82) is 0 Å². The van der Waals surface area contributed by atoms with Gasteiger partial charge in [0.25, 0.3) is 0 Å². The van der Waals surface area contributed by atoms with Gasteiger partial charge < -0.3 is 41.0 Å². The maximum Gasteiger partial charge on any atom is 0.325 e. The molecule has 13 heteroatoms. The summed E-state index contributed by atoms with van der Waals surface area (Å²) >= 11 is 0. The van der Waals surface area contributed by atoms with Crippen molar-refractivity contribution in [2.75, 3.05) is 31.8 Å². The molecule has 0 aliphatic heterocycles. The Morgan fingerprint density at radius 2 is 1.10 bits per heavy atom. The molecule has 1 atom stereocenters. The van der Waals surface area contributed by atoms with Gasteiger partial charge in [0.05, 0.1) is 7.14 Å². The van der Waals surface area contributed by atoms with Gasteiger partial charge in [-0.05, 0) is 19.5 Å². The Hall–Kier alpha value is 5.06. The molecule has 0 aromatic carbocycles. The standard InChI is InChI=1S/C5H10.C4H11OP.C3H8.C2H7O3P.C2H5OP.CH3.V.W.3Y/c1-4-5(2)3;1-4-6(2,3)5;1-3-2;1-2-6(3,4)5;1-2-4-3;;;;;;/h4-5H,2H2,1,3H3;4H2,1-3H3;3H2,1-2H3;2H2,1H3,(H2,3,4,5);2H2,1H3;1H3;;;;;/q-2;;;;;-1;;;;;.